The van der Waals surface area contributed by atoms with Gasteiger partial charge < -0.3 is 10.5 Å². The van der Waals surface area contributed by atoms with Gasteiger partial charge in [0.05, 0.1) is 0 Å². The lowest BCUT2D eigenvalue weighted by atomic mass is 10.1. The predicted octanol–water partition coefficient (Wildman–Crippen LogP) is 3.56. The van der Waals surface area contributed by atoms with E-state index in [2.05, 4.69) is 0 Å². The Morgan fingerprint density at radius 3 is 2.53 bits per heavy atom. The Morgan fingerprint density at radius 1 is 1.11 bits per heavy atom. The molecule has 19 heavy (non-hydrogen) atoms. The number of hydrogen-bond acceptors (Lipinski definition) is 2. The van der Waals surface area contributed by atoms with Crippen molar-refractivity contribution < 1.29 is 9.13 Å². The van der Waals surface area contributed by atoms with Gasteiger partial charge in [0, 0.05) is 10.6 Å². The van der Waals surface area contributed by atoms with Crippen LogP contribution in [0.5, 0.6) is 5.75 Å². The van der Waals surface area contributed by atoms with Crippen molar-refractivity contribution in [2.75, 3.05) is 6.54 Å². The lowest BCUT2D eigenvalue weighted by molar-refractivity contribution is 0.300. The Morgan fingerprint density at radius 2 is 1.84 bits per heavy atom. The molecule has 0 saturated heterocycles. The molecule has 0 aliphatic rings. The van der Waals surface area contributed by atoms with Gasteiger partial charge in [-0.3, -0.25) is 0 Å². The van der Waals surface area contributed by atoms with Gasteiger partial charge in [0.15, 0.2) is 0 Å². The maximum absolute atomic E-state index is 13.5. The highest BCUT2D eigenvalue weighted by Crippen LogP contribution is 2.18. The predicted molar refractivity (Wildman–Crippen MR) is 74.9 cm³/mol. The summed E-state index contributed by atoms with van der Waals surface area (Å²) in [5, 5.41) is 0.498. The van der Waals surface area contributed by atoms with Crippen LogP contribution in [0.4, 0.5) is 4.39 Å². The number of rotatable bonds is 5. The summed E-state index contributed by atoms with van der Waals surface area (Å²) in [6, 6.07) is 12.0. The van der Waals surface area contributed by atoms with Crippen molar-refractivity contribution in [2.24, 2.45) is 5.73 Å². The molecule has 0 heterocycles. The Balaban J connectivity index is 2.00. The molecule has 0 bridgehead atoms. The highest BCUT2D eigenvalue weighted by atomic mass is 35.5. The second kappa shape index (κ2) is 6.55. The van der Waals surface area contributed by atoms with Gasteiger partial charge in [0.25, 0.3) is 0 Å². The van der Waals surface area contributed by atoms with Crippen molar-refractivity contribution in [1.82, 2.24) is 0 Å². The zero-order valence-electron chi connectivity index (χ0n) is 10.4. The minimum absolute atomic E-state index is 0.155. The monoisotopic (exact) mass is 279 g/mol. The van der Waals surface area contributed by atoms with Gasteiger partial charge in [-0.1, -0.05) is 23.7 Å². The van der Waals surface area contributed by atoms with E-state index in [4.69, 9.17) is 22.1 Å². The summed E-state index contributed by atoms with van der Waals surface area (Å²) in [4.78, 5) is 0. The molecule has 0 aliphatic heterocycles. The van der Waals surface area contributed by atoms with Crippen LogP contribution in [0.3, 0.4) is 0 Å². The van der Waals surface area contributed by atoms with Crippen molar-refractivity contribution in [3.63, 3.8) is 0 Å². The average molecular weight is 280 g/mol. The van der Waals surface area contributed by atoms with Gasteiger partial charge in [-0.2, -0.15) is 0 Å². The fourth-order valence-electron chi connectivity index (χ4n) is 1.73. The number of ether oxygens (including phenoxy) is 1. The highest BCUT2D eigenvalue weighted by Gasteiger charge is 2.04. The van der Waals surface area contributed by atoms with Gasteiger partial charge in [0.2, 0.25) is 0 Å². The van der Waals surface area contributed by atoms with E-state index >= 15 is 0 Å². The van der Waals surface area contributed by atoms with Gasteiger partial charge in [0.1, 0.15) is 18.2 Å². The molecule has 4 heteroatoms. The molecule has 0 spiro atoms. The van der Waals surface area contributed by atoms with Crippen LogP contribution in [0, 0.1) is 5.82 Å². The van der Waals surface area contributed by atoms with Gasteiger partial charge in [-0.05, 0) is 48.9 Å². The molecule has 0 atom stereocenters. The fraction of sp³-hybridized carbons (Fsp3) is 0.200. The van der Waals surface area contributed by atoms with Gasteiger partial charge >= 0.3 is 0 Å². The normalized spacial score (nSPS) is 10.5. The van der Waals surface area contributed by atoms with E-state index < -0.39 is 0 Å². The summed E-state index contributed by atoms with van der Waals surface area (Å²) in [5.74, 6) is 0.379. The van der Waals surface area contributed by atoms with Gasteiger partial charge in [-0.25, -0.2) is 4.39 Å². The van der Waals surface area contributed by atoms with Crippen molar-refractivity contribution in [1.29, 1.82) is 0 Å². The maximum Gasteiger partial charge on any atom is 0.129 e. The number of halogens is 2. The van der Waals surface area contributed by atoms with E-state index in [1.54, 1.807) is 6.07 Å². The number of hydrogen-bond donors (Lipinski definition) is 1. The minimum Gasteiger partial charge on any atom is -0.489 e. The Labute approximate surface area is 117 Å². The first-order valence-electron chi connectivity index (χ1n) is 6.05. The summed E-state index contributed by atoms with van der Waals surface area (Å²) in [6.07, 6.45) is 0.837. The second-order valence-corrected chi connectivity index (χ2v) is 4.64. The SMILES string of the molecule is NCCc1ccc(OCc2cc(Cl)ccc2F)cc1. The van der Waals surface area contributed by atoms with E-state index in [0.29, 0.717) is 22.9 Å². The molecule has 0 amide bonds. The first-order valence-corrected chi connectivity index (χ1v) is 6.42. The van der Waals surface area contributed by atoms with Crippen LogP contribution in [0.25, 0.3) is 0 Å². The van der Waals surface area contributed by atoms with E-state index in [-0.39, 0.29) is 12.4 Å². The molecule has 2 nitrogen and oxygen atoms in total. The average Bonchev–Trinajstić information content (AvgIpc) is 2.42. The van der Waals surface area contributed by atoms with E-state index in [0.717, 1.165) is 12.0 Å². The maximum atomic E-state index is 13.5. The van der Waals surface area contributed by atoms with E-state index in [9.17, 15) is 4.39 Å². The zero-order valence-corrected chi connectivity index (χ0v) is 11.2. The molecular weight excluding hydrogens is 265 g/mol. The molecule has 0 saturated carbocycles. The molecule has 0 aromatic heterocycles. The van der Waals surface area contributed by atoms with E-state index in [1.165, 1.54) is 12.1 Å². The first kappa shape index (κ1) is 13.8. The van der Waals surface area contributed by atoms with Crippen molar-refractivity contribution in [3.8, 4) is 5.75 Å². The molecule has 100 valence electrons. The largest absolute Gasteiger partial charge is 0.489 e. The molecule has 0 fully saturated rings. The number of benzene rings is 2. The quantitative estimate of drug-likeness (QED) is 0.908. The van der Waals surface area contributed by atoms with Gasteiger partial charge in [-0.15, -0.1) is 0 Å². The Kier molecular flexibility index (Phi) is 4.77. The Bertz CT molecular complexity index is 542. The first-order chi connectivity index (χ1) is 9.19. The lowest BCUT2D eigenvalue weighted by Gasteiger charge is -2.08. The summed E-state index contributed by atoms with van der Waals surface area (Å²) >= 11 is 5.82. The van der Waals surface area contributed by atoms with Crippen LogP contribution in [-0.2, 0) is 13.0 Å². The van der Waals surface area contributed by atoms with Crippen molar-refractivity contribution >= 4 is 11.6 Å². The molecular formula is C15H15ClFNO. The highest BCUT2D eigenvalue weighted by molar-refractivity contribution is 6.30. The molecule has 0 unspecified atom stereocenters. The molecule has 0 aliphatic carbocycles. The summed E-state index contributed by atoms with van der Waals surface area (Å²) in [6.45, 7) is 0.774. The van der Waals surface area contributed by atoms with Crippen LogP contribution in [0.2, 0.25) is 5.02 Å². The van der Waals surface area contributed by atoms with Crippen LogP contribution in [0.15, 0.2) is 42.5 Å². The second-order valence-electron chi connectivity index (χ2n) is 4.21. The topological polar surface area (TPSA) is 35.2 Å². The summed E-state index contributed by atoms with van der Waals surface area (Å²) in [5.41, 5.74) is 7.08. The summed E-state index contributed by atoms with van der Waals surface area (Å²) in [7, 11) is 0. The number of nitrogens with two attached hydrogens (primary N) is 1. The lowest BCUT2D eigenvalue weighted by Crippen LogP contribution is -2.02. The molecule has 2 N–H and O–H groups in total. The standard InChI is InChI=1S/C15H15ClFNO/c16-13-3-6-15(17)12(9-13)10-19-14-4-1-11(2-5-14)7-8-18/h1-6,9H,7-8,10,18H2. The minimum atomic E-state index is -0.316. The zero-order chi connectivity index (χ0) is 13.7. The molecule has 2 rings (SSSR count). The van der Waals surface area contributed by atoms with Crippen molar-refractivity contribution in [3.05, 3.63) is 64.4 Å². The van der Waals surface area contributed by atoms with Crippen LogP contribution >= 0.6 is 11.6 Å². The third-order valence-electron chi connectivity index (χ3n) is 2.76. The Hall–Kier alpha value is -1.58. The fourth-order valence-corrected chi connectivity index (χ4v) is 1.93. The molecule has 2 aromatic rings. The van der Waals surface area contributed by atoms with Crippen molar-refractivity contribution in [2.45, 2.75) is 13.0 Å². The van der Waals surface area contributed by atoms with Crippen LogP contribution in [0.1, 0.15) is 11.1 Å². The smallest absolute Gasteiger partial charge is 0.129 e. The molecule has 2 aromatic carbocycles. The van der Waals surface area contributed by atoms with Crippen LogP contribution < -0.4 is 10.5 Å². The van der Waals surface area contributed by atoms with Crippen LogP contribution in [-0.4, -0.2) is 6.54 Å². The molecule has 0 radical (unpaired) electrons. The third kappa shape index (κ3) is 3.94. The third-order valence-corrected chi connectivity index (χ3v) is 2.99. The summed E-state index contributed by atoms with van der Waals surface area (Å²) < 4.78 is 19.0. The van der Waals surface area contributed by atoms with E-state index in [1.807, 2.05) is 24.3 Å².